The molecular weight excluding hydrogens is 435 g/mol. The predicted molar refractivity (Wildman–Crippen MR) is 148 cm³/mol. The summed E-state index contributed by atoms with van der Waals surface area (Å²) in [6.07, 6.45) is 1.72. The van der Waals surface area contributed by atoms with Gasteiger partial charge in [-0.2, -0.15) is 0 Å². The second kappa shape index (κ2) is 9.53. The summed E-state index contributed by atoms with van der Waals surface area (Å²) >= 11 is 0. The van der Waals surface area contributed by atoms with Crippen molar-refractivity contribution in [3.05, 3.63) is 65.0 Å². The lowest BCUT2D eigenvalue weighted by Crippen LogP contribution is -2.44. The molecular formula is C31H43O2P. The molecule has 34 heavy (non-hydrogen) atoms. The molecule has 1 spiro atoms. The third-order valence-electron chi connectivity index (χ3n) is 7.46. The SMILES string of the molecule is C=C1CC2(CC(C)(C)P1c1ccccc1-c1c(C(C)C)cc(C(C)C)cc1C(C)C)OCCO2. The lowest BCUT2D eigenvalue weighted by molar-refractivity contribution is -0.165. The maximum Gasteiger partial charge on any atom is 0.173 e. The molecule has 2 aliphatic rings. The van der Waals surface area contributed by atoms with E-state index in [1.165, 1.54) is 38.4 Å². The topological polar surface area (TPSA) is 18.5 Å². The smallest absolute Gasteiger partial charge is 0.173 e. The number of ether oxygens (including phenoxy) is 2. The van der Waals surface area contributed by atoms with E-state index >= 15 is 0 Å². The van der Waals surface area contributed by atoms with E-state index in [2.05, 4.69) is 98.4 Å². The van der Waals surface area contributed by atoms with E-state index in [1.54, 1.807) is 0 Å². The number of hydrogen-bond donors (Lipinski definition) is 0. The third kappa shape index (κ3) is 4.67. The molecule has 0 N–H and O–H groups in total. The molecule has 0 saturated carbocycles. The lowest BCUT2D eigenvalue weighted by Gasteiger charge is -2.48. The van der Waals surface area contributed by atoms with Crippen LogP contribution in [0.1, 0.15) is 103 Å². The Labute approximate surface area is 208 Å². The molecule has 2 aromatic carbocycles. The fraction of sp³-hybridized carbons (Fsp3) is 0.548. The minimum atomic E-state index is -0.596. The summed E-state index contributed by atoms with van der Waals surface area (Å²) in [5.74, 6) is 0.957. The quantitative estimate of drug-likeness (QED) is 0.400. The Morgan fingerprint density at radius 3 is 1.91 bits per heavy atom. The Bertz CT molecular complexity index is 1030. The highest BCUT2D eigenvalue weighted by Gasteiger charge is 2.51. The van der Waals surface area contributed by atoms with Crippen LogP contribution >= 0.6 is 7.92 Å². The fourth-order valence-corrected chi connectivity index (χ4v) is 9.27. The van der Waals surface area contributed by atoms with Gasteiger partial charge in [-0.25, -0.2) is 0 Å². The summed E-state index contributed by atoms with van der Waals surface area (Å²) in [4.78, 5) is 0. The van der Waals surface area contributed by atoms with Crippen molar-refractivity contribution in [1.29, 1.82) is 0 Å². The second-order valence-electron chi connectivity index (χ2n) is 11.7. The Morgan fingerprint density at radius 2 is 1.41 bits per heavy atom. The minimum Gasteiger partial charge on any atom is -0.347 e. The highest BCUT2D eigenvalue weighted by molar-refractivity contribution is 7.71. The van der Waals surface area contributed by atoms with Crippen LogP contribution in [-0.2, 0) is 9.47 Å². The lowest BCUT2D eigenvalue weighted by atomic mass is 9.82. The van der Waals surface area contributed by atoms with Crippen molar-refractivity contribution in [3.63, 3.8) is 0 Å². The molecule has 2 fully saturated rings. The molecule has 0 amide bonds. The number of benzene rings is 2. The summed E-state index contributed by atoms with van der Waals surface area (Å²) in [5, 5.41) is 2.79. The van der Waals surface area contributed by atoms with Gasteiger partial charge in [0.1, 0.15) is 0 Å². The number of rotatable bonds is 5. The highest BCUT2D eigenvalue weighted by Crippen LogP contribution is 2.65. The van der Waals surface area contributed by atoms with E-state index in [1.807, 2.05) is 0 Å². The monoisotopic (exact) mass is 478 g/mol. The normalized spacial score (nSPS) is 21.9. The first-order chi connectivity index (χ1) is 16.0. The standard InChI is InChI=1S/C31H43O2P/c1-20(2)24-16-26(21(3)4)29(27(17-24)22(5)6)25-12-10-11-13-28(25)34-23(7)18-31(19-30(34,8)9)32-14-15-33-31/h10-13,16-17,20-22H,7,14-15,18-19H2,1-6,8-9H3. The average Bonchev–Trinajstić information content (AvgIpc) is 3.18. The van der Waals surface area contributed by atoms with Crippen molar-refractivity contribution >= 4 is 13.2 Å². The average molecular weight is 479 g/mol. The van der Waals surface area contributed by atoms with Crippen LogP contribution in [0, 0.1) is 0 Å². The second-order valence-corrected chi connectivity index (χ2v) is 14.7. The third-order valence-corrected chi connectivity index (χ3v) is 10.5. The van der Waals surface area contributed by atoms with Gasteiger partial charge < -0.3 is 9.47 Å². The van der Waals surface area contributed by atoms with E-state index < -0.39 is 13.7 Å². The molecule has 0 aliphatic carbocycles. The van der Waals surface area contributed by atoms with Gasteiger partial charge in [-0.3, -0.25) is 0 Å². The Hall–Kier alpha value is -1.47. The van der Waals surface area contributed by atoms with Crippen LogP contribution in [0.3, 0.4) is 0 Å². The van der Waals surface area contributed by atoms with Gasteiger partial charge in [-0.1, -0.05) is 98.4 Å². The maximum atomic E-state index is 6.15. The molecule has 2 heterocycles. The van der Waals surface area contributed by atoms with E-state index in [9.17, 15) is 0 Å². The zero-order valence-electron chi connectivity index (χ0n) is 22.5. The molecule has 3 heteroatoms. The van der Waals surface area contributed by atoms with Crippen LogP contribution in [0.25, 0.3) is 11.1 Å². The van der Waals surface area contributed by atoms with Crippen LogP contribution in [0.4, 0.5) is 0 Å². The number of hydrogen-bond acceptors (Lipinski definition) is 2. The van der Waals surface area contributed by atoms with Gasteiger partial charge in [-0.15, -0.1) is 0 Å². The molecule has 2 aliphatic heterocycles. The van der Waals surface area contributed by atoms with Crippen LogP contribution in [0.15, 0.2) is 48.3 Å². The van der Waals surface area contributed by atoms with E-state index in [4.69, 9.17) is 9.47 Å². The molecule has 2 nitrogen and oxygen atoms in total. The van der Waals surface area contributed by atoms with Gasteiger partial charge in [0.25, 0.3) is 0 Å². The maximum absolute atomic E-state index is 6.15. The van der Waals surface area contributed by atoms with E-state index in [0.717, 1.165) is 12.8 Å². The van der Waals surface area contributed by atoms with Crippen LogP contribution in [0.2, 0.25) is 0 Å². The summed E-state index contributed by atoms with van der Waals surface area (Å²) in [5.41, 5.74) is 7.23. The predicted octanol–water partition coefficient (Wildman–Crippen LogP) is 8.66. The van der Waals surface area contributed by atoms with Gasteiger partial charge in [0.2, 0.25) is 0 Å². The molecule has 0 aromatic heterocycles. The molecule has 2 aromatic rings. The van der Waals surface area contributed by atoms with E-state index in [-0.39, 0.29) is 5.16 Å². The zero-order chi connectivity index (χ0) is 24.8. The summed E-state index contributed by atoms with van der Waals surface area (Å²) in [6, 6.07) is 14.1. The van der Waals surface area contributed by atoms with Gasteiger partial charge in [0.05, 0.1) is 13.2 Å². The Balaban J connectivity index is 1.91. The van der Waals surface area contributed by atoms with Crippen molar-refractivity contribution in [2.45, 2.75) is 96.9 Å². The van der Waals surface area contributed by atoms with E-state index in [0.29, 0.717) is 31.0 Å². The molecule has 184 valence electrons. The van der Waals surface area contributed by atoms with Crippen molar-refractivity contribution in [3.8, 4) is 11.1 Å². The summed E-state index contributed by atoms with van der Waals surface area (Å²) < 4.78 is 12.3. The van der Waals surface area contributed by atoms with Gasteiger partial charge in [0, 0.05) is 12.8 Å². The van der Waals surface area contributed by atoms with Gasteiger partial charge in [-0.05, 0) is 69.3 Å². The molecule has 4 rings (SSSR count). The Morgan fingerprint density at radius 1 is 0.853 bits per heavy atom. The van der Waals surface area contributed by atoms with Crippen LogP contribution < -0.4 is 5.30 Å². The van der Waals surface area contributed by atoms with Gasteiger partial charge >= 0.3 is 0 Å². The molecule has 1 atom stereocenters. The van der Waals surface area contributed by atoms with Crippen molar-refractivity contribution in [2.75, 3.05) is 13.2 Å². The van der Waals surface area contributed by atoms with Gasteiger partial charge in [0.15, 0.2) is 5.79 Å². The summed E-state index contributed by atoms with van der Waals surface area (Å²) in [7, 11) is -0.596. The first-order valence-electron chi connectivity index (χ1n) is 13.0. The molecule has 0 radical (unpaired) electrons. The zero-order valence-corrected chi connectivity index (χ0v) is 23.4. The minimum absolute atomic E-state index is 0.0406. The largest absolute Gasteiger partial charge is 0.347 e. The first-order valence-corrected chi connectivity index (χ1v) is 14.3. The molecule has 2 saturated heterocycles. The van der Waals surface area contributed by atoms with Crippen molar-refractivity contribution < 1.29 is 9.47 Å². The van der Waals surface area contributed by atoms with Crippen LogP contribution in [-0.4, -0.2) is 24.2 Å². The van der Waals surface area contributed by atoms with Crippen molar-refractivity contribution in [1.82, 2.24) is 0 Å². The fourth-order valence-electron chi connectivity index (χ4n) is 5.96. The highest BCUT2D eigenvalue weighted by atomic mass is 31.1. The van der Waals surface area contributed by atoms with Crippen LogP contribution in [0.5, 0.6) is 0 Å². The Kier molecular flexibility index (Phi) is 7.18. The molecule has 0 bridgehead atoms. The van der Waals surface area contributed by atoms with Crippen molar-refractivity contribution in [2.24, 2.45) is 0 Å². The first kappa shape index (κ1) is 25.6. The molecule has 1 unspecified atom stereocenters. The summed E-state index contributed by atoms with van der Waals surface area (Å²) in [6.45, 7) is 24.8.